The number of aryl methyl sites for hydroxylation is 1. The number of carbonyl (C=O) groups is 1. The maximum Gasteiger partial charge on any atom is 0.319 e. The first-order valence-corrected chi connectivity index (χ1v) is 13.3. The fourth-order valence-electron chi connectivity index (χ4n) is 5.18. The van der Waals surface area contributed by atoms with Crippen molar-refractivity contribution in [2.45, 2.75) is 64.6 Å². The molecule has 4 rings (SSSR count). The second kappa shape index (κ2) is 11.7. The van der Waals surface area contributed by atoms with Crippen molar-refractivity contribution in [3.8, 4) is 5.75 Å². The summed E-state index contributed by atoms with van der Waals surface area (Å²) < 4.78 is 6.03. The SMILES string of the molecule is Cc1cc(Cl)cc(Cl)c1NC(=O)N[C@H]1CC[C@@H](N2CCN(c3ccccc3OC(C)C)CC2)CC1. The standard InChI is InChI=1S/C27H36Cl2N4O2/c1-18(2)35-25-7-5-4-6-24(25)33-14-12-32(13-15-33)22-10-8-21(9-11-22)30-27(34)31-26-19(3)16-20(28)17-23(26)29/h4-7,16-18,21-22H,8-15H2,1-3H3,(H2,30,31,34)/t21-,22+. The highest BCUT2D eigenvalue weighted by molar-refractivity contribution is 6.37. The number of urea groups is 1. The van der Waals surface area contributed by atoms with Gasteiger partial charge in [-0.1, -0.05) is 35.3 Å². The normalized spacial score (nSPS) is 21.1. The van der Waals surface area contributed by atoms with Crippen molar-refractivity contribution in [3.63, 3.8) is 0 Å². The Bertz CT molecular complexity index is 993. The van der Waals surface area contributed by atoms with E-state index in [0.717, 1.165) is 63.2 Å². The number of carbonyl (C=O) groups excluding carboxylic acids is 1. The minimum Gasteiger partial charge on any atom is -0.489 e. The molecule has 1 heterocycles. The molecule has 2 aromatic rings. The zero-order valence-electron chi connectivity index (χ0n) is 20.8. The number of hydrogen-bond acceptors (Lipinski definition) is 4. The molecule has 1 aliphatic carbocycles. The number of benzene rings is 2. The van der Waals surface area contributed by atoms with Crippen LogP contribution in [0.4, 0.5) is 16.2 Å². The van der Waals surface area contributed by atoms with Crippen LogP contribution in [0.1, 0.15) is 45.1 Å². The second-order valence-corrected chi connectivity index (χ2v) is 10.7. The lowest BCUT2D eigenvalue weighted by atomic mass is 9.90. The Kier molecular flexibility index (Phi) is 8.68. The number of nitrogens with one attached hydrogen (secondary N) is 2. The third kappa shape index (κ3) is 6.75. The molecule has 0 spiro atoms. The van der Waals surface area contributed by atoms with E-state index in [1.165, 1.54) is 5.69 Å². The smallest absolute Gasteiger partial charge is 0.319 e. The summed E-state index contributed by atoms with van der Waals surface area (Å²) in [4.78, 5) is 17.6. The summed E-state index contributed by atoms with van der Waals surface area (Å²) in [5.41, 5.74) is 2.65. The van der Waals surface area contributed by atoms with Crippen LogP contribution in [-0.4, -0.2) is 55.3 Å². The monoisotopic (exact) mass is 518 g/mol. The van der Waals surface area contributed by atoms with Gasteiger partial charge in [0.1, 0.15) is 5.75 Å². The largest absolute Gasteiger partial charge is 0.489 e. The number of nitrogens with zero attached hydrogens (tertiary/aromatic N) is 2. The molecule has 35 heavy (non-hydrogen) atoms. The Morgan fingerprint density at radius 2 is 1.71 bits per heavy atom. The summed E-state index contributed by atoms with van der Waals surface area (Å²) in [7, 11) is 0. The van der Waals surface area contributed by atoms with E-state index in [-0.39, 0.29) is 18.2 Å². The lowest BCUT2D eigenvalue weighted by molar-refractivity contribution is 0.137. The zero-order chi connectivity index (χ0) is 24.9. The highest BCUT2D eigenvalue weighted by Crippen LogP contribution is 2.32. The van der Waals surface area contributed by atoms with Gasteiger partial charge in [0.2, 0.25) is 0 Å². The van der Waals surface area contributed by atoms with Gasteiger partial charge in [-0.05, 0) is 76.3 Å². The maximum absolute atomic E-state index is 12.6. The third-order valence-corrected chi connectivity index (χ3v) is 7.44. The van der Waals surface area contributed by atoms with Gasteiger partial charge in [-0.15, -0.1) is 0 Å². The van der Waals surface area contributed by atoms with Crippen LogP contribution in [0.25, 0.3) is 0 Å². The van der Waals surface area contributed by atoms with Crippen molar-refractivity contribution >= 4 is 40.6 Å². The molecule has 1 saturated heterocycles. The van der Waals surface area contributed by atoms with Gasteiger partial charge in [-0.3, -0.25) is 4.90 Å². The average molecular weight is 520 g/mol. The molecule has 190 valence electrons. The lowest BCUT2D eigenvalue weighted by Crippen LogP contribution is -2.52. The zero-order valence-corrected chi connectivity index (χ0v) is 22.3. The van der Waals surface area contributed by atoms with Gasteiger partial charge < -0.3 is 20.3 Å². The second-order valence-electron chi connectivity index (χ2n) is 9.84. The van der Waals surface area contributed by atoms with Crippen molar-refractivity contribution in [2.75, 3.05) is 36.4 Å². The Labute approximate surface area is 218 Å². The summed E-state index contributed by atoms with van der Waals surface area (Å²) in [5.74, 6) is 0.968. The van der Waals surface area contributed by atoms with E-state index in [4.69, 9.17) is 27.9 Å². The topological polar surface area (TPSA) is 56.8 Å². The number of rotatable bonds is 6. The molecule has 2 amide bonds. The van der Waals surface area contributed by atoms with Gasteiger partial charge in [-0.2, -0.15) is 0 Å². The van der Waals surface area contributed by atoms with Gasteiger partial charge in [0.05, 0.1) is 22.5 Å². The molecule has 0 aromatic heterocycles. The Balaban J connectivity index is 1.23. The molecule has 1 aliphatic heterocycles. The Hall–Kier alpha value is -2.15. The van der Waals surface area contributed by atoms with Crippen molar-refractivity contribution < 1.29 is 9.53 Å². The number of halogens is 2. The fourth-order valence-corrected chi connectivity index (χ4v) is 5.82. The molecular formula is C27H36Cl2N4O2. The van der Waals surface area contributed by atoms with Gasteiger partial charge in [-0.25, -0.2) is 4.79 Å². The van der Waals surface area contributed by atoms with E-state index in [0.29, 0.717) is 21.8 Å². The number of amides is 2. The van der Waals surface area contributed by atoms with E-state index in [2.05, 4.69) is 52.5 Å². The van der Waals surface area contributed by atoms with Gasteiger partial charge in [0.15, 0.2) is 0 Å². The molecule has 0 atom stereocenters. The van der Waals surface area contributed by atoms with Crippen LogP contribution in [0.5, 0.6) is 5.75 Å². The van der Waals surface area contributed by atoms with E-state index in [1.54, 1.807) is 12.1 Å². The molecule has 8 heteroatoms. The van der Waals surface area contributed by atoms with Crippen LogP contribution < -0.4 is 20.3 Å². The highest BCUT2D eigenvalue weighted by Gasteiger charge is 2.29. The first kappa shape index (κ1) is 25.9. The quantitative estimate of drug-likeness (QED) is 0.468. The number of para-hydroxylation sites is 2. The van der Waals surface area contributed by atoms with E-state index >= 15 is 0 Å². The maximum atomic E-state index is 12.6. The van der Waals surface area contributed by atoms with E-state index in [1.807, 2.05) is 13.0 Å². The van der Waals surface area contributed by atoms with Crippen LogP contribution in [-0.2, 0) is 0 Å². The van der Waals surface area contributed by atoms with Crippen molar-refractivity contribution in [2.24, 2.45) is 0 Å². The minimum atomic E-state index is -0.211. The summed E-state index contributed by atoms with van der Waals surface area (Å²) in [6.07, 6.45) is 4.32. The van der Waals surface area contributed by atoms with Crippen LogP contribution in [0.3, 0.4) is 0 Å². The predicted molar refractivity (Wildman–Crippen MR) is 145 cm³/mol. The molecule has 2 N–H and O–H groups in total. The molecule has 6 nitrogen and oxygen atoms in total. The first-order chi connectivity index (χ1) is 16.8. The van der Waals surface area contributed by atoms with Crippen LogP contribution in [0, 0.1) is 6.92 Å². The molecular weight excluding hydrogens is 483 g/mol. The van der Waals surface area contributed by atoms with Gasteiger partial charge >= 0.3 is 6.03 Å². The van der Waals surface area contributed by atoms with Crippen molar-refractivity contribution in [3.05, 3.63) is 52.0 Å². The van der Waals surface area contributed by atoms with Crippen LogP contribution >= 0.6 is 23.2 Å². The average Bonchev–Trinajstić information content (AvgIpc) is 2.82. The first-order valence-electron chi connectivity index (χ1n) is 12.6. The molecule has 0 radical (unpaired) electrons. The van der Waals surface area contributed by atoms with Gasteiger partial charge in [0, 0.05) is 43.3 Å². The Morgan fingerprint density at radius 1 is 1.03 bits per heavy atom. The van der Waals surface area contributed by atoms with Crippen molar-refractivity contribution in [1.29, 1.82) is 0 Å². The molecule has 0 unspecified atom stereocenters. The molecule has 2 fully saturated rings. The number of anilines is 2. The lowest BCUT2D eigenvalue weighted by Gasteiger charge is -2.43. The summed E-state index contributed by atoms with van der Waals surface area (Å²) >= 11 is 12.3. The molecule has 1 saturated carbocycles. The van der Waals surface area contributed by atoms with E-state index < -0.39 is 0 Å². The van der Waals surface area contributed by atoms with E-state index in [9.17, 15) is 4.79 Å². The highest BCUT2D eigenvalue weighted by atomic mass is 35.5. The summed E-state index contributed by atoms with van der Waals surface area (Å²) in [6, 6.07) is 12.3. The fraction of sp³-hybridized carbons (Fsp3) is 0.519. The molecule has 0 bridgehead atoms. The summed E-state index contributed by atoms with van der Waals surface area (Å²) in [6.45, 7) is 10.1. The Morgan fingerprint density at radius 3 is 2.37 bits per heavy atom. The number of hydrogen-bond donors (Lipinski definition) is 2. The predicted octanol–water partition coefficient (Wildman–Crippen LogP) is 6.34. The number of ether oxygens (including phenoxy) is 1. The van der Waals surface area contributed by atoms with Gasteiger partial charge in [0.25, 0.3) is 0 Å². The molecule has 2 aliphatic rings. The molecule has 2 aromatic carbocycles. The third-order valence-electron chi connectivity index (χ3n) is 6.92. The van der Waals surface area contributed by atoms with Crippen molar-refractivity contribution in [1.82, 2.24) is 10.2 Å². The van der Waals surface area contributed by atoms with Crippen LogP contribution in [0.15, 0.2) is 36.4 Å². The van der Waals surface area contributed by atoms with Crippen LogP contribution in [0.2, 0.25) is 10.0 Å². The summed E-state index contributed by atoms with van der Waals surface area (Å²) in [5, 5.41) is 7.04. The number of piperazine rings is 1. The minimum absolute atomic E-state index is 0.163.